The summed E-state index contributed by atoms with van der Waals surface area (Å²) in [5.41, 5.74) is 0.870. The van der Waals surface area contributed by atoms with Crippen LogP contribution in [-0.2, 0) is 11.3 Å². The summed E-state index contributed by atoms with van der Waals surface area (Å²) in [6.45, 7) is 2.52. The van der Waals surface area contributed by atoms with Crippen molar-refractivity contribution in [3.63, 3.8) is 0 Å². The Balaban J connectivity index is 1.70. The van der Waals surface area contributed by atoms with Crippen LogP contribution in [0.1, 0.15) is 31.2 Å². The lowest BCUT2D eigenvalue weighted by atomic mass is 9.76. The number of benzene rings is 1. The summed E-state index contributed by atoms with van der Waals surface area (Å²) < 4.78 is 13.8. The number of carbonyl (C=O) groups excluding carboxylic acids is 1. The Labute approximate surface area is 125 Å². The smallest absolute Gasteiger partial charge is 0.223 e. The summed E-state index contributed by atoms with van der Waals surface area (Å²) in [5.74, 6) is 0.182. The third kappa shape index (κ3) is 2.69. The average molecular weight is 290 g/mol. The van der Waals surface area contributed by atoms with Crippen LogP contribution < -0.4 is 5.32 Å². The molecule has 2 aliphatic rings. The van der Waals surface area contributed by atoms with Gasteiger partial charge in [0.05, 0.1) is 0 Å². The molecular weight excluding hydrogens is 267 g/mol. The number of hydrogen-bond acceptors (Lipinski definition) is 2. The van der Waals surface area contributed by atoms with E-state index in [0.717, 1.165) is 44.3 Å². The molecule has 1 saturated heterocycles. The van der Waals surface area contributed by atoms with E-state index >= 15 is 0 Å². The van der Waals surface area contributed by atoms with Gasteiger partial charge in [-0.25, -0.2) is 4.39 Å². The van der Waals surface area contributed by atoms with Gasteiger partial charge in [0.15, 0.2) is 0 Å². The molecule has 4 heteroatoms. The fourth-order valence-electron chi connectivity index (χ4n) is 4.20. The van der Waals surface area contributed by atoms with Crippen LogP contribution in [0.3, 0.4) is 0 Å². The SMILES string of the molecule is CNC(=O)[C@@H]1CCC[C@@]12CCN(Cc1ccccc1F)C2. The largest absolute Gasteiger partial charge is 0.359 e. The second-order valence-corrected chi connectivity index (χ2v) is 6.47. The molecule has 1 spiro atoms. The Kier molecular flexibility index (Phi) is 3.98. The van der Waals surface area contributed by atoms with Crippen LogP contribution in [0.25, 0.3) is 0 Å². The predicted molar refractivity (Wildman–Crippen MR) is 80.1 cm³/mol. The highest BCUT2D eigenvalue weighted by molar-refractivity contribution is 5.79. The van der Waals surface area contributed by atoms with Gasteiger partial charge in [0.1, 0.15) is 5.82 Å². The van der Waals surface area contributed by atoms with Crippen LogP contribution in [0.5, 0.6) is 0 Å². The lowest BCUT2D eigenvalue weighted by molar-refractivity contribution is -0.127. The molecule has 1 aliphatic heterocycles. The molecule has 0 aromatic heterocycles. The van der Waals surface area contributed by atoms with Gasteiger partial charge in [0, 0.05) is 31.6 Å². The minimum Gasteiger partial charge on any atom is -0.359 e. The highest BCUT2D eigenvalue weighted by Gasteiger charge is 2.49. The molecule has 3 nitrogen and oxygen atoms in total. The molecule has 0 unspecified atom stereocenters. The third-order valence-corrected chi connectivity index (χ3v) is 5.29. The first kappa shape index (κ1) is 14.5. The zero-order chi connectivity index (χ0) is 14.9. The molecule has 0 radical (unpaired) electrons. The highest BCUT2D eigenvalue weighted by atomic mass is 19.1. The quantitative estimate of drug-likeness (QED) is 0.928. The standard InChI is InChI=1S/C17H23FN2O/c1-19-16(21)14-6-4-8-17(14)9-10-20(12-17)11-13-5-2-3-7-15(13)18/h2-3,5,7,14H,4,6,8-12H2,1H3,(H,19,21)/t14-,17-/m0/s1. The Morgan fingerprint density at radius 2 is 2.24 bits per heavy atom. The zero-order valence-corrected chi connectivity index (χ0v) is 12.6. The summed E-state index contributed by atoms with van der Waals surface area (Å²) in [5, 5.41) is 2.81. The van der Waals surface area contributed by atoms with Crippen molar-refractivity contribution in [3.8, 4) is 0 Å². The molecule has 1 aromatic rings. The number of likely N-dealkylation sites (tertiary alicyclic amines) is 1. The van der Waals surface area contributed by atoms with E-state index in [1.54, 1.807) is 13.1 Å². The number of nitrogens with zero attached hydrogens (tertiary/aromatic N) is 1. The minimum absolute atomic E-state index is 0.116. The van der Waals surface area contributed by atoms with Crippen molar-refractivity contribution in [2.24, 2.45) is 11.3 Å². The molecule has 1 amide bonds. The highest BCUT2D eigenvalue weighted by Crippen LogP contribution is 2.50. The summed E-state index contributed by atoms with van der Waals surface area (Å²) >= 11 is 0. The third-order valence-electron chi connectivity index (χ3n) is 5.29. The van der Waals surface area contributed by atoms with Crippen LogP contribution in [0, 0.1) is 17.2 Å². The van der Waals surface area contributed by atoms with Crippen LogP contribution in [-0.4, -0.2) is 30.9 Å². The second kappa shape index (κ2) is 5.76. The maximum Gasteiger partial charge on any atom is 0.223 e. The lowest BCUT2D eigenvalue weighted by Gasteiger charge is -2.30. The van der Waals surface area contributed by atoms with Crippen molar-refractivity contribution < 1.29 is 9.18 Å². The first-order valence-electron chi connectivity index (χ1n) is 7.82. The molecule has 1 N–H and O–H groups in total. The van der Waals surface area contributed by atoms with Gasteiger partial charge in [0.2, 0.25) is 5.91 Å². The molecule has 2 atom stereocenters. The first-order valence-corrected chi connectivity index (χ1v) is 7.82. The molecule has 1 heterocycles. The fourth-order valence-corrected chi connectivity index (χ4v) is 4.20. The number of rotatable bonds is 3. The van der Waals surface area contributed by atoms with Gasteiger partial charge in [-0.1, -0.05) is 24.6 Å². The number of amides is 1. The van der Waals surface area contributed by atoms with Crippen LogP contribution >= 0.6 is 0 Å². The molecule has 3 rings (SSSR count). The number of nitrogens with one attached hydrogen (secondary N) is 1. The molecule has 2 fully saturated rings. The Morgan fingerprint density at radius 3 is 3.00 bits per heavy atom. The molecule has 1 aliphatic carbocycles. The molecule has 0 bridgehead atoms. The number of carbonyl (C=O) groups is 1. The van der Waals surface area contributed by atoms with E-state index in [0.29, 0.717) is 6.54 Å². The molecule has 114 valence electrons. The van der Waals surface area contributed by atoms with Crippen LogP contribution in [0.2, 0.25) is 0 Å². The van der Waals surface area contributed by atoms with Crippen molar-refractivity contribution in [2.45, 2.75) is 32.2 Å². The zero-order valence-electron chi connectivity index (χ0n) is 12.6. The van der Waals surface area contributed by atoms with Crippen molar-refractivity contribution >= 4 is 5.91 Å². The minimum atomic E-state index is -0.132. The number of halogens is 1. The van der Waals surface area contributed by atoms with E-state index < -0.39 is 0 Å². The topological polar surface area (TPSA) is 32.3 Å². The Morgan fingerprint density at radius 1 is 1.43 bits per heavy atom. The monoisotopic (exact) mass is 290 g/mol. The van der Waals surface area contributed by atoms with E-state index in [-0.39, 0.29) is 23.1 Å². The van der Waals surface area contributed by atoms with Gasteiger partial charge in [-0.2, -0.15) is 0 Å². The Hall–Kier alpha value is -1.42. The van der Waals surface area contributed by atoms with E-state index in [9.17, 15) is 9.18 Å². The first-order chi connectivity index (χ1) is 10.1. The van der Waals surface area contributed by atoms with Gasteiger partial charge >= 0.3 is 0 Å². The predicted octanol–water partition coefficient (Wildman–Crippen LogP) is 2.56. The summed E-state index contributed by atoms with van der Waals surface area (Å²) in [6, 6.07) is 6.98. The maximum absolute atomic E-state index is 13.8. The summed E-state index contributed by atoms with van der Waals surface area (Å²) in [6.07, 6.45) is 4.30. The summed E-state index contributed by atoms with van der Waals surface area (Å²) in [4.78, 5) is 14.4. The van der Waals surface area contributed by atoms with Gasteiger partial charge in [-0.3, -0.25) is 9.69 Å². The van der Waals surface area contributed by atoms with Gasteiger partial charge < -0.3 is 5.32 Å². The van der Waals surface area contributed by atoms with Crippen LogP contribution in [0.15, 0.2) is 24.3 Å². The maximum atomic E-state index is 13.8. The van der Waals surface area contributed by atoms with E-state index in [4.69, 9.17) is 0 Å². The van der Waals surface area contributed by atoms with Gasteiger partial charge in [-0.15, -0.1) is 0 Å². The van der Waals surface area contributed by atoms with Gasteiger partial charge in [-0.05, 0) is 37.3 Å². The molecule has 1 saturated carbocycles. The van der Waals surface area contributed by atoms with Crippen molar-refractivity contribution in [3.05, 3.63) is 35.6 Å². The van der Waals surface area contributed by atoms with Crippen LogP contribution in [0.4, 0.5) is 4.39 Å². The average Bonchev–Trinajstić information content (AvgIpc) is 3.08. The fraction of sp³-hybridized carbons (Fsp3) is 0.588. The second-order valence-electron chi connectivity index (χ2n) is 6.47. The number of hydrogen-bond donors (Lipinski definition) is 1. The van der Waals surface area contributed by atoms with E-state index in [1.807, 2.05) is 12.1 Å². The lowest BCUT2D eigenvalue weighted by Crippen LogP contribution is -2.39. The molecular formula is C17H23FN2O. The normalized spacial score (nSPS) is 29.1. The van der Waals surface area contributed by atoms with Crippen molar-refractivity contribution in [1.29, 1.82) is 0 Å². The molecule has 21 heavy (non-hydrogen) atoms. The van der Waals surface area contributed by atoms with Gasteiger partial charge in [0.25, 0.3) is 0 Å². The summed E-state index contributed by atoms with van der Waals surface area (Å²) in [7, 11) is 1.72. The van der Waals surface area contributed by atoms with Crippen molar-refractivity contribution in [2.75, 3.05) is 20.1 Å². The van der Waals surface area contributed by atoms with E-state index in [2.05, 4.69) is 10.2 Å². The van der Waals surface area contributed by atoms with E-state index in [1.165, 1.54) is 6.07 Å². The molecule has 1 aromatic carbocycles. The Bertz CT molecular complexity index is 533. The van der Waals surface area contributed by atoms with Crippen molar-refractivity contribution in [1.82, 2.24) is 10.2 Å².